The fourth-order valence-electron chi connectivity index (χ4n) is 1.81. The Morgan fingerprint density at radius 1 is 1.43 bits per heavy atom. The number of nitrogens with two attached hydrogens (primary N) is 1. The van der Waals surface area contributed by atoms with Gasteiger partial charge in [0.2, 0.25) is 11.0 Å². The first kappa shape index (κ1) is 15.8. The molecule has 7 nitrogen and oxygen atoms in total. The maximum Gasteiger partial charge on any atom is 0.230 e. The molecule has 0 unspecified atom stereocenters. The minimum absolute atomic E-state index is 0.0208. The van der Waals surface area contributed by atoms with Crippen LogP contribution in [0.15, 0.2) is 8.86 Å². The van der Waals surface area contributed by atoms with Gasteiger partial charge in [0.15, 0.2) is 4.34 Å². The second-order valence-corrected chi connectivity index (χ2v) is 6.68. The van der Waals surface area contributed by atoms with E-state index in [-0.39, 0.29) is 5.91 Å². The summed E-state index contributed by atoms with van der Waals surface area (Å²) >= 11 is 2.62. The molecule has 1 amide bonds. The minimum atomic E-state index is -0.0208. The Morgan fingerprint density at radius 2 is 2.24 bits per heavy atom. The largest absolute Gasteiger partial charge is 0.374 e. The van der Waals surface area contributed by atoms with Crippen molar-refractivity contribution in [1.82, 2.24) is 20.7 Å². The van der Waals surface area contributed by atoms with Gasteiger partial charge in [-0.3, -0.25) is 4.79 Å². The van der Waals surface area contributed by atoms with Crippen molar-refractivity contribution >= 4 is 34.1 Å². The smallest absolute Gasteiger partial charge is 0.230 e. The van der Waals surface area contributed by atoms with Crippen molar-refractivity contribution in [2.75, 3.05) is 18.0 Å². The number of thioether (sulfide) groups is 1. The quantitative estimate of drug-likeness (QED) is 0.587. The minimum Gasteiger partial charge on any atom is -0.374 e. The fourth-order valence-corrected chi connectivity index (χ4v) is 3.27. The van der Waals surface area contributed by atoms with E-state index < -0.39 is 0 Å². The first-order chi connectivity index (χ1) is 10.1. The van der Waals surface area contributed by atoms with Crippen LogP contribution < -0.4 is 11.1 Å². The zero-order valence-electron chi connectivity index (χ0n) is 11.9. The number of hydrogen-bond acceptors (Lipinski definition) is 8. The number of nitrogens with one attached hydrogen (secondary N) is 1. The van der Waals surface area contributed by atoms with Gasteiger partial charge in [-0.05, 0) is 26.7 Å². The highest BCUT2D eigenvalue weighted by Gasteiger charge is 2.09. The van der Waals surface area contributed by atoms with Crippen molar-refractivity contribution in [3.63, 3.8) is 0 Å². The van der Waals surface area contributed by atoms with E-state index >= 15 is 0 Å². The normalized spacial score (nSPS) is 10.8. The third kappa shape index (κ3) is 4.71. The molecule has 114 valence electrons. The van der Waals surface area contributed by atoms with Crippen LogP contribution >= 0.6 is 23.1 Å². The number of carbonyl (C=O) groups excluding carboxylic acids is 1. The summed E-state index contributed by atoms with van der Waals surface area (Å²) in [4.78, 5) is 11.7. The van der Waals surface area contributed by atoms with Crippen molar-refractivity contribution in [1.29, 1.82) is 0 Å². The average Bonchev–Trinajstić information content (AvgIpc) is 3.00. The van der Waals surface area contributed by atoms with Crippen LogP contribution in [0, 0.1) is 13.8 Å². The van der Waals surface area contributed by atoms with E-state index in [0.717, 1.165) is 29.9 Å². The number of aromatic nitrogens is 3. The number of nitrogens with zero attached hydrogens (tertiary/aromatic N) is 3. The van der Waals surface area contributed by atoms with E-state index in [1.807, 2.05) is 13.8 Å². The molecule has 0 aliphatic rings. The fraction of sp³-hybridized carbons (Fsp3) is 0.500. The Balaban J connectivity index is 1.63. The average molecular weight is 327 g/mol. The van der Waals surface area contributed by atoms with Gasteiger partial charge in [-0.1, -0.05) is 28.3 Å². The summed E-state index contributed by atoms with van der Waals surface area (Å²) in [5, 5.41) is 14.7. The summed E-state index contributed by atoms with van der Waals surface area (Å²) in [5.74, 6) is 1.15. The van der Waals surface area contributed by atoms with E-state index in [1.54, 1.807) is 0 Å². The molecule has 0 spiro atoms. The van der Waals surface area contributed by atoms with E-state index in [4.69, 9.17) is 10.3 Å². The summed E-state index contributed by atoms with van der Waals surface area (Å²) in [6.07, 6.45) is 1.70. The molecule has 3 N–H and O–H groups in total. The van der Waals surface area contributed by atoms with Crippen LogP contribution in [0.25, 0.3) is 0 Å². The molecule has 0 saturated carbocycles. The van der Waals surface area contributed by atoms with Crippen LogP contribution in [0.3, 0.4) is 0 Å². The number of carbonyl (C=O) groups is 1. The maximum absolute atomic E-state index is 11.7. The van der Waals surface area contributed by atoms with Crippen LogP contribution in [0.1, 0.15) is 23.4 Å². The monoisotopic (exact) mass is 327 g/mol. The molecule has 2 heterocycles. The molecular weight excluding hydrogens is 310 g/mol. The number of hydrogen-bond donors (Lipinski definition) is 2. The van der Waals surface area contributed by atoms with E-state index in [2.05, 4.69) is 20.7 Å². The summed E-state index contributed by atoms with van der Waals surface area (Å²) in [6.45, 7) is 4.45. The highest BCUT2D eigenvalue weighted by atomic mass is 32.2. The molecule has 2 rings (SSSR count). The molecule has 0 aliphatic heterocycles. The second kappa shape index (κ2) is 7.41. The number of aryl methyl sites for hydroxylation is 2. The van der Waals surface area contributed by atoms with Crippen LogP contribution in [0.4, 0.5) is 5.13 Å². The van der Waals surface area contributed by atoms with Crippen LogP contribution in [0.5, 0.6) is 0 Å². The molecule has 0 saturated heterocycles. The Morgan fingerprint density at radius 3 is 2.86 bits per heavy atom. The Bertz CT molecular complexity index is 591. The van der Waals surface area contributed by atoms with E-state index in [9.17, 15) is 4.79 Å². The number of nitrogen functional groups attached to an aromatic ring is 1. The summed E-state index contributed by atoms with van der Waals surface area (Å²) in [6, 6.07) is 0. The molecule has 2 aromatic rings. The zero-order valence-corrected chi connectivity index (χ0v) is 13.5. The van der Waals surface area contributed by atoms with Crippen molar-refractivity contribution in [3.05, 3.63) is 17.0 Å². The van der Waals surface area contributed by atoms with Gasteiger partial charge in [0, 0.05) is 12.1 Å². The van der Waals surface area contributed by atoms with Crippen LogP contribution in [0.2, 0.25) is 0 Å². The van der Waals surface area contributed by atoms with Crippen molar-refractivity contribution in [3.8, 4) is 0 Å². The molecule has 21 heavy (non-hydrogen) atoms. The highest BCUT2D eigenvalue weighted by molar-refractivity contribution is 8.01. The van der Waals surface area contributed by atoms with Gasteiger partial charge in [-0.15, -0.1) is 10.2 Å². The lowest BCUT2D eigenvalue weighted by Crippen LogP contribution is -2.26. The van der Waals surface area contributed by atoms with E-state index in [1.165, 1.54) is 23.1 Å². The third-order valence-electron chi connectivity index (χ3n) is 2.86. The van der Waals surface area contributed by atoms with Gasteiger partial charge in [-0.2, -0.15) is 0 Å². The lowest BCUT2D eigenvalue weighted by Gasteiger charge is -2.04. The van der Waals surface area contributed by atoms with Gasteiger partial charge < -0.3 is 15.6 Å². The zero-order chi connectivity index (χ0) is 15.2. The molecule has 0 radical (unpaired) electrons. The molecule has 2 aromatic heterocycles. The standard InChI is InChI=1S/C12H17N5O2S2/c1-7-9(8(2)19-17-7)4-3-5-14-10(18)6-20-12-16-15-11(13)21-12/h3-6H2,1-2H3,(H2,13,15)(H,14,18). The Labute approximate surface area is 130 Å². The highest BCUT2D eigenvalue weighted by Crippen LogP contribution is 2.22. The molecule has 9 heteroatoms. The molecule has 0 fully saturated rings. The summed E-state index contributed by atoms with van der Waals surface area (Å²) in [5.41, 5.74) is 7.52. The lowest BCUT2D eigenvalue weighted by molar-refractivity contribution is -0.118. The third-order valence-corrected chi connectivity index (χ3v) is 4.74. The molecule has 0 atom stereocenters. The lowest BCUT2D eigenvalue weighted by atomic mass is 10.1. The van der Waals surface area contributed by atoms with E-state index in [0.29, 0.717) is 21.8 Å². The Hall–Kier alpha value is -1.61. The predicted octanol–water partition coefficient (Wildman–Crippen LogP) is 1.57. The Kier molecular flexibility index (Phi) is 5.57. The topological polar surface area (TPSA) is 107 Å². The number of rotatable bonds is 7. The van der Waals surface area contributed by atoms with Gasteiger partial charge >= 0.3 is 0 Å². The number of anilines is 1. The SMILES string of the molecule is Cc1noc(C)c1CCCNC(=O)CSc1nnc(N)s1. The number of amides is 1. The van der Waals surface area contributed by atoms with Gasteiger partial charge in [0.25, 0.3) is 0 Å². The summed E-state index contributed by atoms with van der Waals surface area (Å²) in [7, 11) is 0. The van der Waals surface area contributed by atoms with Crippen LogP contribution in [-0.4, -0.2) is 33.6 Å². The van der Waals surface area contributed by atoms with Crippen molar-refractivity contribution < 1.29 is 9.32 Å². The first-order valence-electron chi connectivity index (χ1n) is 6.46. The van der Waals surface area contributed by atoms with Crippen molar-refractivity contribution in [2.45, 2.75) is 31.0 Å². The van der Waals surface area contributed by atoms with Gasteiger partial charge in [0.1, 0.15) is 5.76 Å². The van der Waals surface area contributed by atoms with Gasteiger partial charge in [0.05, 0.1) is 11.4 Å². The molecule has 0 aliphatic carbocycles. The van der Waals surface area contributed by atoms with Crippen molar-refractivity contribution in [2.24, 2.45) is 0 Å². The second-order valence-electron chi connectivity index (χ2n) is 4.45. The summed E-state index contributed by atoms with van der Waals surface area (Å²) < 4.78 is 5.81. The van der Waals surface area contributed by atoms with Crippen LogP contribution in [-0.2, 0) is 11.2 Å². The predicted molar refractivity (Wildman–Crippen MR) is 82.4 cm³/mol. The molecular formula is C12H17N5O2S2. The maximum atomic E-state index is 11.7. The molecule has 0 bridgehead atoms. The van der Waals surface area contributed by atoms with Gasteiger partial charge in [-0.25, -0.2) is 0 Å². The molecule has 0 aromatic carbocycles. The first-order valence-corrected chi connectivity index (χ1v) is 8.26.